The van der Waals surface area contributed by atoms with Crippen molar-refractivity contribution in [3.8, 4) is 0 Å². The summed E-state index contributed by atoms with van der Waals surface area (Å²) in [5.74, 6) is 0. The first-order valence-corrected chi connectivity index (χ1v) is 4.25. The molecule has 0 radical (unpaired) electrons. The van der Waals surface area contributed by atoms with Crippen LogP contribution in [-0.2, 0) is 7.05 Å². The van der Waals surface area contributed by atoms with Crippen LogP contribution in [-0.4, -0.2) is 19.5 Å². The van der Waals surface area contributed by atoms with Gasteiger partial charge in [-0.25, -0.2) is 15.0 Å². The highest BCUT2D eigenvalue weighted by Gasteiger charge is 2.12. The number of aryl methyl sites for hydroxylation is 1. The fourth-order valence-electron chi connectivity index (χ4n) is 1.31. The number of aromatic nitrogens is 4. The molecule has 0 saturated carbocycles. The number of nitrogens with two attached hydrogens (primary N) is 1. The Morgan fingerprint density at radius 3 is 2.50 bits per heavy atom. The monoisotopic (exact) mass is 189 g/mol. The van der Waals surface area contributed by atoms with E-state index in [1.807, 2.05) is 11.6 Å². The largest absolute Gasteiger partial charge is 0.336 e. The van der Waals surface area contributed by atoms with Crippen molar-refractivity contribution >= 4 is 0 Å². The zero-order valence-electron chi connectivity index (χ0n) is 7.83. The molecule has 1 atom stereocenters. The van der Waals surface area contributed by atoms with Crippen molar-refractivity contribution in [2.75, 3.05) is 0 Å². The number of hydrogen-bond donors (Lipinski definition) is 1. The summed E-state index contributed by atoms with van der Waals surface area (Å²) in [7, 11) is 1.91. The van der Waals surface area contributed by atoms with Crippen LogP contribution >= 0.6 is 0 Å². The average Bonchev–Trinajstić information content (AvgIpc) is 2.65. The van der Waals surface area contributed by atoms with Gasteiger partial charge in [-0.15, -0.1) is 0 Å². The van der Waals surface area contributed by atoms with Gasteiger partial charge in [-0.05, 0) is 0 Å². The van der Waals surface area contributed by atoms with Crippen LogP contribution in [0, 0.1) is 0 Å². The van der Waals surface area contributed by atoms with Gasteiger partial charge < -0.3 is 10.3 Å². The van der Waals surface area contributed by atoms with Crippen LogP contribution in [0.4, 0.5) is 0 Å². The second-order valence-electron chi connectivity index (χ2n) is 3.08. The van der Waals surface area contributed by atoms with E-state index in [1.165, 1.54) is 6.33 Å². The lowest BCUT2D eigenvalue weighted by Crippen LogP contribution is -2.15. The van der Waals surface area contributed by atoms with Crippen LogP contribution in [0.25, 0.3) is 0 Å². The predicted octanol–water partition coefficient (Wildman–Crippen LogP) is 0.258. The van der Waals surface area contributed by atoms with E-state index in [-0.39, 0.29) is 6.04 Å². The lowest BCUT2D eigenvalue weighted by molar-refractivity contribution is 0.739. The van der Waals surface area contributed by atoms with Gasteiger partial charge >= 0.3 is 0 Å². The third kappa shape index (κ3) is 1.49. The Morgan fingerprint density at radius 1 is 1.21 bits per heavy atom. The van der Waals surface area contributed by atoms with Gasteiger partial charge in [0.15, 0.2) is 0 Å². The summed E-state index contributed by atoms with van der Waals surface area (Å²) in [4.78, 5) is 11.9. The van der Waals surface area contributed by atoms with E-state index in [0.29, 0.717) is 0 Å². The first-order chi connectivity index (χ1) is 6.79. The summed E-state index contributed by atoms with van der Waals surface area (Å²) in [5.41, 5.74) is 7.85. The maximum absolute atomic E-state index is 6.02. The summed E-state index contributed by atoms with van der Waals surface area (Å²) in [5, 5.41) is 0. The van der Waals surface area contributed by atoms with E-state index in [0.717, 1.165) is 11.3 Å². The number of nitrogens with zero attached hydrogens (tertiary/aromatic N) is 4. The molecule has 2 aromatic rings. The predicted molar refractivity (Wildman–Crippen MR) is 51.3 cm³/mol. The SMILES string of the molecule is Cn1cncc1C(N)c1cncnc1. The molecule has 14 heavy (non-hydrogen) atoms. The molecule has 2 aromatic heterocycles. The maximum Gasteiger partial charge on any atom is 0.115 e. The Bertz CT molecular complexity index is 408. The highest BCUT2D eigenvalue weighted by atomic mass is 15.0. The Kier molecular flexibility index (Phi) is 2.24. The fourth-order valence-corrected chi connectivity index (χ4v) is 1.31. The molecule has 0 amide bonds. The summed E-state index contributed by atoms with van der Waals surface area (Å²) in [6.07, 6.45) is 8.38. The highest BCUT2D eigenvalue weighted by Crippen LogP contribution is 2.16. The number of imidazole rings is 1. The number of hydrogen-bond acceptors (Lipinski definition) is 4. The third-order valence-electron chi connectivity index (χ3n) is 2.11. The minimum atomic E-state index is -0.219. The van der Waals surface area contributed by atoms with Gasteiger partial charge in [0.05, 0.1) is 24.3 Å². The summed E-state index contributed by atoms with van der Waals surface area (Å²) >= 11 is 0. The third-order valence-corrected chi connectivity index (χ3v) is 2.11. The van der Waals surface area contributed by atoms with Crippen LogP contribution in [0.5, 0.6) is 0 Å². The molecule has 0 saturated heterocycles. The van der Waals surface area contributed by atoms with Gasteiger partial charge in [-0.2, -0.15) is 0 Å². The molecule has 0 bridgehead atoms. The van der Waals surface area contributed by atoms with E-state index in [9.17, 15) is 0 Å². The Hall–Kier alpha value is -1.75. The summed E-state index contributed by atoms with van der Waals surface area (Å²) in [6, 6.07) is -0.219. The van der Waals surface area contributed by atoms with Crippen molar-refractivity contribution in [3.63, 3.8) is 0 Å². The Morgan fingerprint density at radius 2 is 1.93 bits per heavy atom. The molecule has 1 unspecified atom stereocenters. The summed E-state index contributed by atoms with van der Waals surface area (Å²) < 4.78 is 1.89. The molecular formula is C9H11N5. The molecule has 2 heterocycles. The molecule has 2 rings (SSSR count). The van der Waals surface area contributed by atoms with Crippen molar-refractivity contribution in [2.24, 2.45) is 12.8 Å². The standard InChI is InChI=1S/C9H11N5/c1-14-6-13-4-8(14)9(10)7-2-11-5-12-3-7/h2-6,9H,10H2,1H3. The van der Waals surface area contributed by atoms with Crippen molar-refractivity contribution in [1.82, 2.24) is 19.5 Å². The van der Waals surface area contributed by atoms with Gasteiger partial charge in [-0.1, -0.05) is 0 Å². The van der Waals surface area contributed by atoms with Gasteiger partial charge in [0.25, 0.3) is 0 Å². The van der Waals surface area contributed by atoms with Gasteiger partial charge in [0.2, 0.25) is 0 Å². The molecule has 0 aliphatic carbocycles. The van der Waals surface area contributed by atoms with E-state index in [2.05, 4.69) is 15.0 Å². The molecule has 0 spiro atoms. The molecule has 0 fully saturated rings. The van der Waals surface area contributed by atoms with Crippen LogP contribution in [0.1, 0.15) is 17.3 Å². The van der Waals surface area contributed by atoms with Crippen LogP contribution in [0.3, 0.4) is 0 Å². The van der Waals surface area contributed by atoms with E-state index >= 15 is 0 Å². The van der Waals surface area contributed by atoms with E-state index < -0.39 is 0 Å². The second-order valence-corrected chi connectivity index (χ2v) is 3.08. The van der Waals surface area contributed by atoms with Crippen LogP contribution < -0.4 is 5.73 Å². The zero-order chi connectivity index (χ0) is 9.97. The van der Waals surface area contributed by atoms with Gasteiger partial charge in [0, 0.05) is 25.0 Å². The molecule has 0 aromatic carbocycles. The average molecular weight is 189 g/mol. The molecule has 5 nitrogen and oxygen atoms in total. The van der Waals surface area contributed by atoms with E-state index in [1.54, 1.807) is 24.9 Å². The molecule has 0 aliphatic heterocycles. The van der Waals surface area contributed by atoms with Crippen LogP contribution in [0.15, 0.2) is 31.2 Å². The van der Waals surface area contributed by atoms with Crippen LogP contribution in [0.2, 0.25) is 0 Å². The van der Waals surface area contributed by atoms with Gasteiger partial charge in [-0.3, -0.25) is 0 Å². The lowest BCUT2D eigenvalue weighted by Gasteiger charge is -2.10. The topological polar surface area (TPSA) is 69.6 Å². The molecule has 2 N–H and O–H groups in total. The molecule has 5 heteroatoms. The van der Waals surface area contributed by atoms with Gasteiger partial charge in [0.1, 0.15) is 6.33 Å². The van der Waals surface area contributed by atoms with Crippen molar-refractivity contribution in [3.05, 3.63) is 42.5 Å². The zero-order valence-corrected chi connectivity index (χ0v) is 7.83. The van der Waals surface area contributed by atoms with E-state index in [4.69, 9.17) is 5.73 Å². The fraction of sp³-hybridized carbons (Fsp3) is 0.222. The Labute approximate surface area is 81.6 Å². The smallest absolute Gasteiger partial charge is 0.115 e. The van der Waals surface area contributed by atoms with Crippen molar-refractivity contribution in [2.45, 2.75) is 6.04 Å². The molecule has 72 valence electrons. The quantitative estimate of drug-likeness (QED) is 0.735. The molecular weight excluding hydrogens is 178 g/mol. The van der Waals surface area contributed by atoms with Crippen molar-refractivity contribution in [1.29, 1.82) is 0 Å². The second kappa shape index (κ2) is 3.55. The van der Waals surface area contributed by atoms with Crippen molar-refractivity contribution < 1.29 is 0 Å². The lowest BCUT2D eigenvalue weighted by atomic mass is 10.1. The summed E-state index contributed by atoms with van der Waals surface area (Å²) in [6.45, 7) is 0. The first-order valence-electron chi connectivity index (χ1n) is 4.25. The minimum absolute atomic E-state index is 0.219. The maximum atomic E-state index is 6.02. The molecule has 0 aliphatic rings. The highest BCUT2D eigenvalue weighted by molar-refractivity contribution is 5.21. The first kappa shape index (κ1) is 8.83. The minimum Gasteiger partial charge on any atom is -0.336 e. The normalized spacial score (nSPS) is 12.7. The number of rotatable bonds is 2. The Balaban J connectivity index is 2.34.